The highest BCUT2D eigenvalue weighted by molar-refractivity contribution is 6.30. The van der Waals surface area contributed by atoms with Gasteiger partial charge in [0, 0.05) is 30.1 Å². The van der Waals surface area contributed by atoms with Crippen LogP contribution in [0.4, 0.5) is 0 Å². The molecule has 0 radical (unpaired) electrons. The topological polar surface area (TPSA) is 64.3 Å². The monoisotopic (exact) mass is 242 g/mol. The Morgan fingerprint density at radius 3 is 2.94 bits per heavy atom. The molecule has 1 rings (SSSR count). The van der Waals surface area contributed by atoms with Gasteiger partial charge in [-0.05, 0) is 12.1 Å². The van der Waals surface area contributed by atoms with E-state index < -0.39 is 0 Å². The Morgan fingerprint density at radius 1 is 1.56 bits per heavy atom. The minimum atomic E-state index is -0.0699. The number of carbonyl (C=O) groups is 1. The van der Waals surface area contributed by atoms with Crippen LogP contribution in [0, 0.1) is 0 Å². The molecule has 5 heteroatoms. The van der Waals surface area contributed by atoms with Gasteiger partial charge < -0.3 is 15.8 Å². The lowest BCUT2D eigenvalue weighted by molar-refractivity contribution is -0.121. The van der Waals surface area contributed by atoms with E-state index >= 15 is 0 Å². The fraction of sp³-hybridized carbons (Fsp3) is 0.364. The summed E-state index contributed by atoms with van der Waals surface area (Å²) in [6.07, 6.45) is 0.329. The van der Waals surface area contributed by atoms with Crippen molar-refractivity contribution < 1.29 is 9.53 Å². The first-order chi connectivity index (χ1) is 7.67. The average molecular weight is 243 g/mol. The van der Waals surface area contributed by atoms with Gasteiger partial charge in [0.2, 0.25) is 5.91 Å². The number of carbonyl (C=O) groups excluding carboxylic acids is 1. The Balaban J connectivity index is 2.63. The van der Waals surface area contributed by atoms with Crippen molar-refractivity contribution in [3.8, 4) is 5.75 Å². The van der Waals surface area contributed by atoms with Gasteiger partial charge in [-0.3, -0.25) is 4.79 Å². The van der Waals surface area contributed by atoms with Gasteiger partial charge >= 0.3 is 0 Å². The molecule has 0 aliphatic heterocycles. The zero-order valence-electron chi connectivity index (χ0n) is 9.13. The molecule has 1 amide bonds. The first kappa shape index (κ1) is 12.8. The van der Waals surface area contributed by atoms with E-state index in [9.17, 15) is 4.79 Å². The Labute approximate surface area is 99.7 Å². The van der Waals surface area contributed by atoms with Crippen LogP contribution in [0.5, 0.6) is 5.75 Å². The second-order valence-corrected chi connectivity index (χ2v) is 3.71. The molecule has 0 saturated carbocycles. The van der Waals surface area contributed by atoms with E-state index in [0.29, 0.717) is 30.3 Å². The smallest absolute Gasteiger partial charge is 0.221 e. The summed E-state index contributed by atoms with van der Waals surface area (Å²) in [5.74, 6) is 0.597. The van der Waals surface area contributed by atoms with Gasteiger partial charge in [-0.2, -0.15) is 0 Å². The van der Waals surface area contributed by atoms with Crippen LogP contribution in [0.3, 0.4) is 0 Å². The van der Waals surface area contributed by atoms with E-state index in [4.69, 9.17) is 22.1 Å². The maximum Gasteiger partial charge on any atom is 0.221 e. The molecule has 0 aliphatic carbocycles. The van der Waals surface area contributed by atoms with Crippen LogP contribution in [-0.2, 0) is 11.3 Å². The van der Waals surface area contributed by atoms with Crippen LogP contribution in [0.25, 0.3) is 0 Å². The molecule has 3 N–H and O–H groups in total. The number of ether oxygens (including phenoxy) is 1. The summed E-state index contributed by atoms with van der Waals surface area (Å²) in [6, 6.07) is 5.30. The Kier molecular flexibility index (Phi) is 5.08. The number of methoxy groups -OCH3 is 1. The van der Waals surface area contributed by atoms with Crippen molar-refractivity contribution in [3.05, 3.63) is 28.8 Å². The second-order valence-electron chi connectivity index (χ2n) is 3.27. The highest BCUT2D eigenvalue weighted by Crippen LogP contribution is 2.22. The minimum Gasteiger partial charge on any atom is -0.496 e. The molecule has 0 saturated heterocycles. The third-order valence-corrected chi connectivity index (χ3v) is 2.33. The predicted molar refractivity (Wildman–Crippen MR) is 63.5 cm³/mol. The summed E-state index contributed by atoms with van der Waals surface area (Å²) >= 11 is 5.82. The van der Waals surface area contributed by atoms with E-state index in [2.05, 4.69) is 5.32 Å². The maximum absolute atomic E-state index is 11.2. The second kappa shape index (κ2) is 6.35. The third kappa shape index (κ3) is 3.72. The molecule has 1 aromatic rings. The predicted octanol–water partition coefficient (Wildman–Crippen LogP) is 1.31. The summed E-state index contributed by atoms with van der Waals surface area (Å²) in [6.45, 7) is 0.767. The van der Waals surface area contributed by atoms with Crippen molar-refractivity contribution in [2.24, 2.45) is 5.73 Å². The van der Waals surface area contributed by atoms with Gasteiger partial charge in [-0.1, -0.05) is 17.7 Å². The zero-order valence-corrected chi connectivity index (χ0v) is 9.88. The van der Waals surface area contributed by atoms with Gasteiger partial charge in [0.25, 0.3) is 0 Å². The van der Waals surface area contributed by atoms with Crippen LogP contribution in [-0.4, -0.2) is 19.6 Å². The number of nitrogens with one attached hydrogen (secondary N) is 1. The van der Waals surface area contributed by atoms with Crippen molar-refractivity contribution in [1.29, 1.82) is 0 Å². The SMILES string of the molecule is COc1cc(Cl)ccc1CNC(=O)CCN. The maximum atomic E-state index is 11.2. The molecule has 4 nitrogen and oxygen atoms in total. The van der Waals surface area contributed by atoms with Gasteiger partial charge in [0.05, 0.1) is 7.11 Å². The number of rotatable bonds is 5. The van der Waals surface area contributed by atoms with Crippen LogP contribution in [0.1, 0.15) is 12.0 Å². The lowest BCUT2D eigenvalue weighted by Crippen LogP contribution is -2.25. The van der Waals surface area contributed by atoms with Gasteiger partial charge in [0.15, 0.2) is 0 Å². The van der Waals surface area contributed by atoms with Crippen LogP contribution < -0.4 is 15.8 Å². The molecule has 0 aliphatic rings. The molecule has 1 aromatic carbocycles. The molecule has 0 heterocycles. The van der Waals surface area contributed by atoms with Crippen LogP contribution in [0.2, 0.25) is 5.02 Å². The fourth-order valence-corrected chi connectivity index (χ4v) is 1.44. The minimum absolute atomic E-state index is 0.0699. The van der Waals surface area contributed by atoms with Crippen molar-refractivity contribution in [1.82, 2.24) is 5.32 Å². The van der Waals surface area contributed by atoms with Crippen molar-refractivity contribution in [2.45, 2.75) is 13.0 Å². The van der Waals surface area contributed by atoms with Crippen LogP contribution in [0.15, 0.2) is 18.2 Å². The first-order valence-electron chi connectivity index (χ1n) is 4.96. The molecule has 0 bridgehead atoms. The van der Waals surface area contributed by atoms with Gasteiger partial charge in [-0.25, -0.2) is 0 Å². The molecule has 16 heavy (non-hydrogen) atoms. The fourth-order valence-electron chi connectivity index (χ4n) is 1.28. The number of hydrogen-bond acceptors (Lipinski definition) is 3. The van der Waals surface area contributed by atoms with Gasteiger partial charge in [0.1, 0.15) is 5.75 Å². The molecule has 0 spiro atoms. The normalized spacial score (nSPS) is 9.94. The third-order valence-electron chi connectivity index (χ3n) is 2.10. The molecule has 0 atom stereocenters. The van der Waals surface area contributed by atoms with E-state index in [1.807, 2.05) is 6.07 Å². The van der Waals surface area contributed by atoms with Gasteiger partial charge in [-0.15, -0.1) is 0 Å². The average Bonchev–Trinajstić information content (AvgIpc) is 2.27. The summed E-state index contributed by atoms with van der Waals surface area (Å²) < 4.78 is 5.16. The van der Waals surface area contributed by atoms with Crippen molar-refractivity contribution >= 4 is 17.5 Å². The summed E-state index contributed by atoms with van der Waals surface area (Å²) in [4.78, 5) is 11.2. The molecular formula is C11H15ClN2O2. The molecular weight excluding hydrogens is 228 g/mol. The number of benzene rings is 1. The highest BCUT2D eigenvalue weighted by atomic mass is 35.5. The lowest BCUT2D eigenvalue weighted by atomic mass is 10.2. The first-order valence-corrected chi connectivity index (χ1v) is 5.34. The lowest BCUT2D eigenvalue weighted by Gasteiger charge is -2.09. The van der Waals surface area contributed by atoms with E-state index in [0.717, 1.165) is 5.56 Å². The molecule has 0 fully saturated rings. The molecule has 0 unspecified atom stereocenters. The number of halogens is 1. The summed E-state index contributed by atoms with van der Waals surface area (Å²) in [5.41, 5.74) is 6.16. The molecule has 88 valence electrons. The number of nitrogens with two attached hydrogens (primary N) is 1. The molecule has 0 aromatic heterocycles. The Morgan fingerprint density at radius 2 is 2.31 bits per heavy atom. The van der Waals surface area contributed by atoms with Crippen molar-refractivity contribution in [3.63, 3.8) is 0 Å². The standard InChI is InChI=1S/C11H15ClN2O2/c1-16-10-6-9(12)3-2-8(10)7-14-11(15)4-5-13/h2-3,6H,4-5,7,13H2,1H3,(H,14,15). The van der Waals surface area contributed by atoms with E-state index in [1.54, 1.807) is 19.2 Å². The zero-order chi connectivity index (χ0) is 12.0. The number of hydrogen-bond donors (Lipinski definition) is 2. The highest BCUT2D eigenvalue weighted by Gasteiger charge is 2.05. The van der Waals surface area contributed by atoms with Crippen LogP contribution >= 0.6 is 11.6 Å². The van der Waals surface area contributed by atoms with Crippen molar-refractivity contribution in [2.75, 3.05) is 13.7 Å². The Hall–Kier alpha value is -1.26. The van der Waals surface area contributed by atoms with E-state index in [-0.39, 0.29) is 5.91 Å². The summed E-state index contributed by atoms with van der Waals surface area (Å²) in [7, 11) is 1.57. The van der Waals surface area contributed by atoms with E-state index in [1.165, 1.54) is 0 Å². The Bertz CT molecular complexity index is 369. The quantitative estimate of drug-likeness (QED) is 0.819. The number of amides is 1. The largest absolute Gasteiger partial charge is 0.496 e. The summed E-state index contributed by atoms with van der Waals surface area (Å²) in [5, 5.41) is 3.36.